The van der Waals surface area contributed by atoms with Crippen molar-refractivity contribution in [2.45, 2.75) is 58.9 Å². The van der Waals surface area contributed by atoms with Crippen LogP contribution in [0.1, 0.15) is 57.7 Å². The van der Waals surface area contributed by atoms with Crippen molar-refractivity contribution in [1.82, 2.24) is 9.55 Å². The Morgan fingerprint density at radius 3 is 2.86 bits per heavy atom. The summed E-state index contributed by atoms with van der Waals surface area (Å²) < 4.78 is 7.52. The van der Waals surface area contributed by atoms with Crippen molar-refractivity contribution in [2.75, 3.05) is 25.6 Å². The number of methoxy groups -OCH3 is 1. The minimum Gasteiger partial charge on any atom is -0.385 e. The fourth-order valence-electron chi connectivity index (χ4n) is 3.58. The first-order valence-electron chi connectivity index (χ1n) is 8.41. The Morgan fingerprint density at radius 1 is 1.38 bits per heavy atom. The van der Waals surface area contributed by atoms with E-state index >= 15 is 0 Å². The van der Waals surface area contributed by atoms with Crippen LogP contribution in [0.2, 0.25) is 0 Å². The van der Waals surface area contributed by atoms with Crippen molar-refractivity contribution >= 4 is 5.95 Å². The predicted molar refractivity (Wildman–Crippen MR) is 87.8 cm³/mol. The Bertz CT molecular complexity index is 428. The zero-order chi connectivity index (χ0) is 15.2. The van der Waals surface area contributed by atoms with Crippen molar-refractivity contribution in [3.05, 3.63) is 11.9 Å². The number of rotatable bonds is 7. The standard InChI is InChI=1S/C17H31N3O/c1-13(2)15-8-5-6-9-16(15)20-12-14(3)19-17(20)18-10-7-11-21-4/h12-13,15-16H,5-11H2,1-4H3,(H,18,19). The molecule has 0 radical (unpaired) electrons. The van der Waals surface area contributed by atoms with Gasteiger partial charge in [0.25, 0.3) is 0 Å². The van der Waals surface area contributed by atoms with Crippen LogP contribution in [0, 0.1) is 18.8 Å². The number of imidazole rings is 1. The lowest BCUT2D eigenvalue weighted by Gasteiger charge is -2.36. The highest BCUT2D eigenvalue weighted by atomic mass is 16.5. The highest BCUT2D eigenvalue weighted by molar-refractivity contribution is 5.29. The zero-order valence-corrected chi connectivity index (χ0v) is 14.1. The van der Waals surface area contributed by atoms with Crippen LogP contribution >= 0.6 is 0 Å². The first kappa shape index (κ1) is 16.3. The molecule has 0 amide bonds. The normalized spacial score (nSPS) is 22.7. The molecule has 0 spiro atoms. The summed E-state index contributed by atoms with van der Waals surface area (Å²) in [5.74, 6) is 2.55. The first-order valence-corrected chi connectivity index (χ1v) is 8.41. The van der Waals surface area contributed by atoms with Gasteiger partial charge in [0.2, 0.25) is 5.95 Å². The van der Waals surface area contributed by atoms with Crippen LogP contribution in [-0.2, 0) is 4.74 Å². The van der Waals surface area contributed by atoms with Crippen molar-refractivity contribution in [2.24, 2.45) is 11.8 Å². The number of aryl methyl sites for hydroxylation is 1. The third-order valence-electron chi connectivity index (χ3n) is 4.66. The SMILES string of the molecule is COCCCNc1nc(C)cn1C1CCCCC1C(C)C. The number of ether oxygens (including phenoxy) is 1. The topological polar surface area (TPSA) is 39.1 Å². The minimum absolute atomic E-state index is 0.602. The van der Waals surface area contributed by atoms with Crippen molar-refractivity contribution in [1.29, 1.82) is 0 Å². The maximum atomic E-state index is 5.11. The van der Waals surface area contributed by atoms with Crippen molar-refractivity contribution < 1.29 is 4.74 Å². The second kappa shape index (κ2) is 7.83. The van der Waals surface area contributed by atoms with E-state index in [1.807, 2.05) is 0 Å². The third-order valence-corrected chi connectivity index (χ3v) is 4.66. The number of hydrogen-bond donors (Lipinski definition) is 1. The van der Waals surface area contributed by atoms with E-state index in [2.05, 4.69) is 41.8 Å². The van der Waals surface area contributed by atoms with Gasteiger partial charge in [0.15, 0.2) is 0 Å². The Kier molecular flexibility index (Phi) is 6.09. The van der Waals surface area contributed by atoms with Gasteiger partial charge in [0.05, 0.1) is 5.69 Å². The quantitative estimate of drug-likeness (QED) is 0.772. The molecule has 2 unspecified atom stereocenters. The van der Waals surface area contributed by atoms with Crippen LogP contribution in [0.4, 0.5) is 5.95 Å². The lowest BCUT2D eigenvalue weighted by atomic mass is 9.77. The molecule has 2 atom stereocenters. The summed E-state index contributed by atoms with van der Waals surface area (Å²) in [5.41, 5.74) is 1.11. The fourth-order valence-corrected chi connectivity index (χ4v) is 3.58. The van der Waals surface area contributed by atoms with E-state index < -0.39 is 0 Å². The Balaban J connectivity index is 2.09. The number of anilines is 1. The molecule has 0 saturated heterocycles. The van der Waals surface area contributed by atoms with E-state index in [0.29, 0.717) is 6.04 Å². The molecular weight excluding hydrogens is 262 g/mol. The molecule has 0 aromatic carbocycles. The second-order valence-corrected chi connectivity index (χ2v) is 6.65. The minimum atomic E-state index is 0.602. The van der Waals surface area contributed by atoms with Crippen molar-refractivity contribution in [3.8, 4) is 0 Å². The predicted octanol–water partition coefficient (Wildman–Crippen LogP) is 4.03. The average molecular weight is 293 g/mol. The van der Waals surface area contributed by atoms with Gasteiger partial charge >= 0.3 is 0 Å². The molecule has 1 aliphatic carbocycles. The second-order valence-electron chi connectivity index (χ2n) is 6.65. The summed E-state index contributed by atoms with van der Waals surface area (Å²) in [4.78, 5) is 4.69. The Hall–Kier alpha value is -1.03. The summed E-state index contributed by atoms with van der Waals surface area (Å²) in [6.45, 7) is 8.52. The van der Waals surface area contributed by atoms with Gasteiger partial charge in [0.1, 0.15) is 0 Å². The average Bonchev–Trinajstić information content (AvgIpc) is 2.84. The maximum Gasteiger partial charge on any atom is 0.203 e. The van der Waals surface area contributed by atoms with Gasteiger partial charge in [-0.2, -0.15) is 0 Å². The number of nitrogens with one attached hydrogen (secondary N) is 1. The number of aromatic nitrogens is 2. The third kappa shape index (κ3) is 4.22. The van der Waals surface area contributed by atoms with Crippen LogP contribution in [0.3, 0.4) is 0 Å². The molecule has 2 rings (SSSR count). The Labute approximate surface area is 129 Å². The fraction of sp³-hybridized carbons (Fsp3) is 0.824. The molecule has 1 saturated carbocycles. The molecule has 1 aromatic heterocycles. The molecule has 120 valence electrons. The molecule has 0 bridgehead atoms. The van der Waals surface area contributed by atoms with Gasteiger partial charge in [-0.1, -0.05) is 26.7 Å². The van der Waals surface area contributed by atoms with Gasteiger partial charge in [-0.25, -0.2) is 4.98 Å². The summed E-state index contributed by atoms with van der Waals surface area (Å²) in [6, 6.07) is 0.602. The largest absolute Gasteiger partial charge is 0.385 e. The smallest absolute Gasteiger partial charge is 0.203 e. The van der Waals surface area contributed by atoms with E-state index in [-0.39, 0.29) is 0 Å². The van der Waals surface area contributed by atoms with E-state index in [1.54, 1.807) is 7.11 Å². The van der Waals surface area contributed by atoms with Gasteiger partial charge in [0, 0.05) is 32.5 Å². The molecule has 1 N–H and O–H groups in total. The highest BCUT2D eigenvalue weighted by Crippen LogP contribution is 2.39. The van der Waals surface area contributed by atoms with E-state index in [1.165, 1.54) is 25.7 Å². The van der Waals surface area contributed by atoms with Gasteiger partial charge < -0.3 is 14.6 Å². The molecule has 1 aromatic rings. The molecule has 4 nitrogen and oxygen atoms in total. The van der Waals surface area contributed by atoms with Gasteiger partial charge in [-0.3, -0.25) is 0 Å². The monoisotopic (exact) mass is 293 g/mol. The van der Waals surface area contributed by atoms with E-state index in [0.717, 1.165) is 43.1 Å². The number of nitrogens with zero attached hydrogens (tertiary/aromatic N) is 2. The molecule has 1 heterocycles. The molecule has 21 heavy (non-hydrogen) atoms. The van der Waals surface area contributed by atoms with Crippen LogP contribution in [0.15, 0.2) is 6.20 Å². The molecule has 1 fully saturated rings. The summed E-state index contributed by atoms with van der Waals surface area (Å²) in [6.07, 6.45) is 8.59. The molecule has 0 aliphatic heterocycles. The van der Waals surface area contributed by atoms with E-state index in [4.69, 9.17) is 4.74 Å². The van der Waals surface area contributed by atoms with E-state index in [9.17, 15) is 0 Å². The van der Waals surface area contributed by atoms with Gasteiger partial charge in [-0.15, -0.1) is 0 Å². The first-order chi connectivity index (χ1) is 10.1. The lowest BCUT2D eigenvalue weighted by Crippen LogP contribution is -2.28. The summed E-state index contributed by atoms with van der Waals surface area (Å²) >= 11 is 0. The number of hydrogen-bond acceptors (Lipinski definition) is 3. The van der Waals surface area contributed by atoms with Gasteiger partial charge in [-0.05, 0) is 38.0 Å². The molecular formula is C17H31N3O. The van der Waals surface area contributed by atoms with Crippen LogP contribution in [-0.4, -0.2) is 29.8 Å². The molecule has 1 aliphatic rings. The maximum absolute atomic E-state index is 5.11. The summed E-state index contributed by atoms with van der Waals surface area (Å²) in [5, 5.41) is 3.50. The highest BCUT2D eigenvalue weighted by Gasteiger charge is 2.30. The van der Waals surface area contributed by atoms with Crippen LogP contribution in [0.25, 0.3) is 0 Å². The zero-order valence-electron chi connectivity index (χ0n) is 14.1. The lowest BCUT2D eigenvalue weighted by molar-refractivity contribution is 0.185. The van der Waals surface area contributed by atoms with Crippen LogP contribution < -0.4 is 5.32 Å². The van der Waals surface area contributed by atoms with Crippen LogP contribution in [0.5, 0.6) is 0 Å². The molecule has 4 heteroatoms. The Morgan fingerprint density at radius 2 is 2.14 bits per heavy atom. The summed E-state index contributed by atoms with van der Waals surface area (Å²) in [7, 11) is 1.75. The van der Waals surface area contributed by atoms with Crippen molar-refractivity contribution in [3.63, 3.8) is 0 Å².